The number of hydrogen-bond acceptors (Lipinski definition) is 6. The number of ether oxygens (including phenoxy) is 1. The third-order valence-electron chi connectivity index (χ3n) is 5.48. The maximum Gasteiger partial charge on any atom is 0.233 e. The second-order valence-electron chi connectivity index (χ2n) is 8.45. The van der Waals surface area contributed by atoms with Gasteiger partial charge in [-0.3, -0.25) is 14.6 Å². The van der Waals surface area contributed by atoms with Gasteiger partial charge in [-0.25, -0.2) is 4.98 Å². The van der Waals surface area contributed by atoms with Crippen LogP contribution in [-0.4, -0.2) is 60.4 Å². The van der Waals surface area contributed by atoms with E-state index in [9.17, 15) is 4.79 Å². The van der Waals surface area contributed by atoms with E-state index in [1.54, 1.807) is 0 Å². The van der Waals surface area contributed by atoms with Crippen LogP contribution in [0.4, 0.5) is 5.13 Å². The number of amides is 1. The average Bonchev–Trinajstić information content (AvgIpc) is 3.21. The van der Waals surface area contributed by atoms with E-state index < -0.39 is 0 Å². The molecule has 2 aromatic carbocycles. The molecular formula is C25H31Cl2N3O2S2. The van der Waals surface area contributed by atoms with Gasteiger partial charge in [-0.05, 0) is 42.3 Å². The highest BCUT2D eigenvalue weighted by Crippen LogP contribution is 2.31. The Labute approximate surface area is 221 Å². The molecule has 0 N–H and O–H groups in total. The quantitative estimate of drug-likeness (QED) is 0.304. The Bertz CT molecular complexity index is 1070. The number of rotatable bonds is 9. The van der Waals surface area contributed by atoms with E-state index >= 15 is 0 Å². The Morgan fingerprint density at radius 3 is 2.65 bits per heavy atom. The number of hydrogen-bond donors (Lipinski definition) is 0. The van der Waals surface area contributed by atoms with Crippen molar-refractivity contribution >= 4 is 68.4 Å². The number of carbonyl (C=O) groups is 1. The molecule has 1 aliphatic rings. The van der Waals surface area contributed by atoms with Crippen LogP contribution in [-0.2, 0) is 16.0 Å². The number of thioether (sulfide) groups is 1. The smallest absolute Gasteiger partial charge is 0.233 e. The van der Waals surface area contributed by atoms with Crippen LogP contribution in [0.3, 0.4) is 0 Å². The lowest BCUT2D eigenvalue weighted by atomic mass is 10.1. The summed E-state index contributed by atoms with van der Waals surface area (Å²) in [5.74, 6) is 0.0754. The molecule has 0 atom stereocenters. The van der Waals surface area contributed by atoms with Crippen molar-refractivity contribution < 1.29 is 9.53 Å². The highest BCUT2D eigenvalue weighted by atomic mass is 35.5. The lowest BCUT2D eigenvalue weighted by Gasteiger charge is -2.27. The summed E-state index contributed by atoms with van der Waals surface area (Å²) in [4.78, 5) is 23.7. The lowest BCUT2D eigenvalue weighted by Crippen LogP contribution is -2.39. The number of morpholine rings is 1. The Morgan fingerprint density at radius 1 is 1.21 bits per heavy atom. The first-order valence-corrected chi connectivity index (χ1v) is 13.5. The van der Waals surface area contributed by atoms with Gasteiger partial charge in [-0.1, -0.05) is 48.9 Å². The molecule has 5 nitrogen and oxygen atoms in total. The van der Waals surface area contributed by atoms with E-state index in [-0.39, 0.29) is 18.3 Å². The number of halogens is 2. The Morgan fingerprint density at radius 2 is 1.94 bits per heavy atom. The van der Waals surface area contributed by atoms with Crippen molar-refractivity contribution in [1.82, 2.24) is 9.88 Å². The van der Waals surface area contributed by atoms with E-state index in [0.29, 0.717) is 23.2 Å². The van der Waals surface area contributed by atoms with Crippen LogP contribution in [0, 0.1) is 0 Å². The molecule has 0 spiro atoms. The van der Waals surface area contributed by atoms with Crippen LogP contribution >= 0.6 is 47.1 Å². The van der Waals surface area contributed by atoms with Crippen LogP contribution in [0.2, 0.25) is 5.02 Å². The fraction of sp³-hybridized carbons (Fsp3) is 0.440. The molecule has 1 saturated heterocycles. The van der Waals surface area contributed by atoms with Gasteiger partial charge in [0, 0.05) is 41.3 Å². The maximum absolute atomic E-state index is 13.4. The van der Waals surface area contributed by atoms with Gasteiger partial charge in [-0.2, -0.15) is 0 Å². The molecule has 1 amide bonds. The number of thiazole rings is 1. The van der Waals surface area contributed by atoms with E-state index in [0.717, 1.165) is 60.2 Å². The van der Waals surface area contributed by atoms with E-state index in [1.807, 2.05) is 34.9 Å². The zero-order chi connectivity index (χ0) is 23.2. The fourth-order valence-electron chi connectivity index (χ4n) is 3.83. The van der Waals surface area contributed by atoms with Gasteiger partial charge in [0.1, 0.15) is 0 Å². The number of nitrogens with zero attached hydrogens (tertiary/aromatic N) is 3. The highest BCUT2D eigenvalue weighted by Gasteiger charge is 2.21. The van der Waals surface area contributed by atoms with Crippen LogP contribution < -0.4 is 4.90 Å². The molecule has 184 valence electrons. The molecule has 2 heterocycles. The van der Waals surface area contributed by atoms with Gasteiger partial charge >= 0.3 is 0 Å². The zero-order valence-electron chi connectivity index (χ0n) is 19.5. The van der Waals surface area contributed by atoms with Crippen molar-refractivity contribution in [2.45, 2.75) is 36.8 Å². The Balaban J connectivity index is 0.00000324. The Hall–Kier alpha value is -1.35. The zero-order valence-corrected chi connectivity index (χ0v) is 22.7. The van der Waals surface area contributed by atoms with Gasteiger partial charge < -0.3 is 4.74 Å². The van der Waals surface area contributed by atoms with Crippen molar-refractivity contribution in [3.63, 3.8) is 0 Å². The van der Waals surface area contributed by atoms with E-state index in [4.69, 9.17) is 21.3 Å². The normalized spacial score (nSPS) is 14.4. The monoisotopic (exact) mass is 539 g/mol. The molecule has 4 rings (SSSR count). The lowest BCUT2D eigenvalue weighted by molar-refractivity contribution is -0.118. The molecule has 0 unspecified atom stereocenters. The summed E-state index contributed by atoms with van der Waals surface area (Å²) < 4.78 is 6.45. The summed E-state index contributed by atoms with van der Waals surface area (Å²) in [5.41, 5.74) is 1.90. The predicted octanol–water partition coefficient (Wildman–Crippen LogP) is 6.17. The van der Waals surface area contributed by atoms with Gasteiger partial charge in [0.2, 0.25) is 5.91 Å². The minimum Gasteiger partial charge on any atom is -0.379 e. The second-order valence-corrected chi connectivity index (χ2v) is 11.5. The molecule has 0 bridgehead atoms. The summed E-state index contributed by atoms with van der Waals surface area (Å²) >= 11 is 9.53. The maximum atomic E-state index is 13.4. The van der Waals surface area contributed by atoms with Crippen molar-refractivity contribution in [2.24, 2.45) is 0 Å². The number of benzene rings is 2. The molecule has 1 aromatic heterocycles. The standard InChI is InChI=1S/C25H30ClN3O2S2.ClH/c1-18(2)32-21-7-4-19(5-8-21)16-24(30)29(11-3-10-28-12-14-31-15-13-28)25-27-22-9-6-20(26)17-23(22)33-25;/h4-9,17-18H,3,10-16H2,1-2H3;1H. The molecular weight excluding hydrogens is 509 g/mol. The van der Waals surface area contributed by atoms with Crippen molar-refractivity contribution in [3.05, 3.63) is 53.1 Å². The Kier molecular flexibility index (Phi) is 10.5. The van der Waals surface area contributed by atoms with Gasteiger partial charge in [0.05, 0.1) is 29.9 Å². The topological polar surface area (TPSA) is 45.7 Å². The molecule has 9 heteroatoms. The largest absolute Gasteiger partial charge is 0.379 e. The third-order valence-corrected chi connectivity index (χ3v) is 7.77. The minimum absolute atomic E-state index is 0. The number of aromatic nitrogens is 1. The molecule has 0 saturated carbocycles. The van der Waals surface area contributed by atoms with Crippen LogP contribution in [0.5, 0.6) is 0 Å². The molecule has 1 fully saturated rings. The summed E-state index contributed by atoms with van der Waals surface area (Å²) in [5, 5.41) is 1.96. The summed E-state index contributed by atoms with van der Waals surface area (Å²) in [6.45, 7) is 9.43. The minimum atomic E-state index is 0. The molecule has 0 radical (unpaired) electrons. The molecule has 3 aromatic rings. The van der Waals surface area contributed by atoms with Crippen LogP contribution in [0.25, 0.3) is 10.2 Å². The average molecular weight is 541 g/mol. The van der Waals surface area contributed by atoms with Gasteiger partial charge in [-0.15, -0.1) is 24.2 Å². The highest BCUT2D eigenvalue weighted by molar-refractivity contribution is 7.99. The summed E-state index contributed by atoms with van der Waals surface area (Å²) in [7, 11) is 0. The van der Waals surface area contributed by atoms with Crippen molar-refractivity contribution in [3.8, 4) is 0 Å². The first-order valence-electron chi connectivity index (χ1n) is 11.4. The fourth-order valence-corrected chi connectivity index (χ4v) is 5.96. The molecule has 34 heavy (non-hydrogen) atoms. The van der Waals surface area contributed by atoms with Gasteiger partial charge in [0.25, 0.3) is 0 Å². The molecule has 1 aliphatic heterocycles. The van der Waals surface area contributed by atoms with Crippen LogP contribution in [0.1, 0.15) is 25.8 Å². The van der Waals surface area contributed by atoms with Crippen molar-refractivity contribution in [1.29, 1.82) is 0 Å². The second kappa shape index (κ2) is 13.1. The first-order chi connectivity index (χ1) is 16.0. The number of anilines is 1. The van der Waals surface area contributed by atoms with E-state index in [1.165, 1.54) is 16.2 Å². The molecule has 0 aliphatic carbocycles. The summed E-state index contributed by atoms with van der Waals surface area (Å²) in [6.07, 6.45) is 1.26. The van der Waals surface area contributed by atoms with Crippen molar-refractivity contribution in [2.75, 3.05) is 44.3 Å². The van der Waals surface area contributed by atoms with Crippen LogP contribution in [0.15, 0.2) is 47.4 Å². The summed E-state index contributed by atoms with van der Waals surface area (Å²) in [6, 6.07) is 14.0. The van der Waals surface area contributed by atoms with E-state index in [2.05, 4.69) is 43.0 Å². The third kappa shape index (κ3) is 7.57. The van der Waals surface area contributed by atoms with Gasteiger partial charge in [0.15, 0.2) is 5.13 Å². The number of carbonyl (C=O) groups excluding carboxylic acids is 1. The first kappa shape index (κ1) is 27.2. The predicted molar refractivity (Wildman–Crippen MR) is 147 cm³/mol. The SMILES string of the molecule is CC(C)Sc1ccc(CC(=O)N(CCCN2CCOCC2)c2nc3ccc(Cl)cc3s2)cc1.Cl. The number of fused-ring (bicyclic) bond motifs is 1.